The van der Waals surface area contributed by atoms with E-state index in [4.69, 9.17) is 11.6 Å². The van der Waals surface area contributed by atoms with Gasteiger partial charge in [-0.25, -0.2) is 4.98 Å². The number of hydrogen-bond donors (Lipinski definition) is 2. The van der Waals surface area contributed by atoms with Crippen molar-refractivity contribution >= 4 is 23.3 Å². The molecule has 5 heteroatoms. The Kier molecular flexibility index (Phi) is 7.26. The first-order chi connectivity index (χ1) is 9.19. The van der Waals surface area contributed by atoms with Crippen LogP contribution in [0.3, 0.4) is 0 Å². The van der Waals surface area contributed by atoms with Gasteiger partial charge in [-0.15, -0.1) is 0 Å². The minimum atomic E-state index is -0.136. The molecule has 19 heavy (non-hydrogen) atoms. The Labute approximate surface area is 120 Å². The van der Waals surface area contributed by atoms with Gasteiger partial charge in [0, 0.05) is 19.3 Å². The first kappa shape index (κ1) is 15.8. The number of nitrogens with one attached hydrogen (secondary N) is 2. The molecule has 0 fully saturated rings. The van der Waals surface area contributed by atoms with Crippen molar-refractivity contribution in [2.45, 2.75) is 39.5 Å². The van der Waals surface area contributed by atoms with Crippen LogP contribution in [0, 0.1) is 0 Å². The molecule has 0 unspecified atom stereocenters. The average Bonchev–Trinajstić information content (AvgIpc) is 2.42. The zero-order valence-corrected chi connectivity index (χ0v) is 12.4. The Morgan fingerprint density at radius 2 is 2.05 bits per heavy atom. The molecule has 0 saturated heterocycles. The molecule has 0 aliphatic heterocycles. The highest BCUT2D eigenvalue weighted by Crippen LogP contribution is 2.18. The van der Waals surface area contributed by atoms with Gasteiger partial charge < -0.3 is 10.6 Å². The Balaban J connectivity index is 2.61. The molecule has 0 saturated carbocycles. The molecular weight excluding hydrogens is 262 g/mol. The summed E-state index contributed by atoms with van der Waals surface area (Å²) in [5.41, 5.74) is 0.478. The normalized spacial score (nSPS) is 10.3. The number of hydrogen-bond acceptors (Lipinski definition) is 3. The van der Waals surface area contributed by atoms with Crippen LogP contribution in [-0.2, 0) is 0 Å². The van der Waals surface area contributed by atoms with Gasteiger partial charge in [0.2, 0.25) is 0 Å². The summed E-state index contributed by atoms with van der Waals surface area (Å²) in [4.78, 5) is 16.1. The van der Waals surface area contributed by atoms with Gasteiger partial charge in [0.05, 0.1) is 10.6 Å². The predicted molar refractivity (Wildman–Crippen MR) is 79.9 cm³/mol. The molecule has 0 aromatic carbocycles. The van der Waals surface area contributed by atoms with Gasteiger partial charge >= 0.3 is 0 Å². The maximum Gasteiger partial charge on any atom is 0.252 e. The second-order valence-electron chi connectivity index (χ2n) is 4.44. The molecule has 0 bridgehead atoms. The van der Waals surface area contributed by atoms with Crippen molar-refractivity contribution in [1.29, 1.82) is 0 Å². The maximum absolute atomic E-state index is 12.0. The van der Waals surface area contributed by atoms with Gasteiger partial charge in [-0.1, -0.05) is 38.3 Å². The van der Waals surface area contributed by atoms with E-state index in [1.54, 1.807) is 6.07 Å². The van der Waals surface area contributed by atoms with E-state index in [1.165, 1.54) is 6.20 Å². The highest BCUT2D eigenvalue weighted by atomic mass is 35.5. The monoisotopic (exact) mass is 283 g/mol. The molecular formula is C14H22ClN3O. The van der Waals surface area contributed by atoms with Crippen molar-refractivity contribution in [3.8, 4) is 0 Å². The highest BCUT2D eigenvalue weighted by Gasteiger charge is 2.11. The molecule has 0 spiro atoms. The topological polar surface area (TPSA) is 54.0 Å². The molecule has 0 aliphatic rings. The van der Waals surface area contributed by atoms with Crippen molar-refractivity contribution in [2.75, 3.05) is 18.4 Å². The number of amides is 1. The number of halogens is 1. The van der Waals surface area contributed by atoms with E-state index in [-0.39, 0.29) is 5.91 Å². The second-order valence-corrected chi connectivity index (χ2v) is 4.85. The zero-order chi connectivity index (χ0) is 14.1. The number of aromatic nitrogens is 1. The summed E-state index contributed by atoms with van der Waals surface area (Å²) < 4.78 is 0. The number of unbranched alkanes of at least 4 members (excludes halogenated alkanes) is 2. The van der Waals surface area contributed by atoms with Gasteiger partial charge in [0.15, 0.2) is 0 Å². The molecule has 1 heterocycles. The molecule has 2 N–H and O–H groups in total. The summed E-state index contributed by atoms with van der Waals surface area (Å²) in [5, 5.41) is 6.41. The van der Waals surface area contributed by atoms with Gasteiger partial charge in [0.1, 0.15) is 5.82 Å². The van der Waals surface area contributed by atoms with Crippen LogP contribution in [0.25, 0.3) is 0 Å². The van der Waals surface area contributed by atoms with Crippen LogP contribution in [0.15, 0.2) is 12.3 Å². The van der Waals surface area contributed by atoms with Gasteiger partial charge in [-0.2, -0.15) is 0 Å². The van der Waals surface area contributed by atoms with Crippen LogP contribution < -0.4 is 10.6 Å². The molecule has 1 amide bonds. The Bertz CT molecular complexity index is 410. The van der Waals surface area contributed by atoms with E-state index < -0.39 is 0 Å². The predicted octanol–water partition coefficient (Wildman–Crippen LogP) is 3.48. The van der Waals surface area contributed by atoms with Crippen molar-refractivity contribution in [2.24, 2.45) is 0 Å². The van der Waals surface area contributed by atoms with E-state index >= 15 is 0 Å². The molecule has 1 aromatic heterocycles. The lowest BCUT2D eigenvalue weighted by Crippen LogP contribution is -2.25. The summed E-state index contributed by atoms with van der Waals surface area (Å²) >= 11 is 6.01. The number of carbonyl (C=O) groups excluding carboxylic acids is 1. The smallest absolute Gasteiger partial charge is 0.252 e. The quantitative estimate of drug-likeness (QED) is 0.718. The minimum absolute atomic E-state index is 0.136. The zero-order valence-electron chi connectivity index (χ0n) is 11.6. The Morgan fingerprint density at radius 3 is 2.74 bits per heavy atom. The molecule has 0 atom stereocenters. The van der Waals surface area contributed by atoms with Gasteiger partial charge in [-0.3, -0.25) is 4.79 Å². The first-order valence-corrected chi connectivity index (χ1v) is 7.24. The lowest BCUT2D eigenvalue weighted by Gasteiger charge is -2.09. The van der Waals surface area contributed by atoms with E-state index in [1.807, 2.05) is 0 Å². The van der Waals surface area contributed by atoms with E-state index in [0.717, 1.165) is 32.2 Å². The molecule has 1 aromatic rings. The lowest BCUT2D eigenvalue weighted by atomic mass is 10.2. The van der Waals surface area contributed by atoms with Gasteiger partial charge in [-0.05, 0) is 18.9 Å². The summed E-state index contributed by atoms with van der Waals surface area (Å²) in [6, 6.07) is 1.70. The number of carbonyl (C=O) groups is 1. The summed E-state index contributed by atoms with van der Waals surface area (Å²) in [6.45, 7) is 5.72. The number of rotatable bonds is 8. The fourth-order valence-corrected chi connectivity index (χ4v) is 1.82. The molecule has 0 aliphatic carbocycles. The average molecular weight is 284 g/mol. The standard InChI is InChI=1S/C14H22ClN3O/c1-3-5-6-8-17-14(19)11-9-13(16-7-4-2)18-10-12(11)15/h9-10H,3-8H2,1-2H3,(H,16,18)(H,17,19). The third kappa shape index (κ3) is 5.47. The SMILES string of the molecule is CCCCCNC(=O)c1cc(NCCC)ncc1Cl. The summed E-state index contributed by atoms with van der Waals surface area (Å²) in [6.07, 6.45) is 5.76. The van der Waals surface area contributed by atoms with Crippen molar-refractivity contribution < 1.29 is 4.79 Å². The van der Waals surface area contributed by atoms with Crippen LogP contribution in [-0.4, -0.2) is 24.0 Å². The fraction of sp³-hybridized carbons (Fsp3) is 0.571. The van der Waals surface area contributed by atoms with Crippen LogP contribution in [0.4, 0.5) is 5.82 Å². The fourth-order valence-electron chi connectivity index (χ4n) is 1.63. The van der Waals surface area contributed by atoms with Crippen LogP contribution in [0.2, 0.25) is 5.02 Å². The minimum Gasteiger partial charge on any atom is -0.370 e. The summed E-state index contributed by atoms with van der Waals surface area (Å²) in [7, 11) is 0. The van der Waals surface area contributed by atoms with Crippen LogP contribution in [0.1, 0.15) is 49.9 Å². The lowest BCUT2D eigenvalue weighted by molar-refractivity contribution is 0.0953. The molecule has 106 valence electrons. The molecule has 1 rings (SSSR count). The number of anilines is 1. The molecule has 0 radical (unpaired) electrons. The highest BCUT2D eigenvalue weighted by molar-refractivity contribution is 6.33. The van der Waals surface area contributed by atoms with Crippen LogP contribution in [0.5, 0.6) is 0 Å². The van der Waals surface area contributed by atoms with E-state index in [9.17, 15) is 4.79 Å². The maximum atomic E-state index is 12.0. The first-order valence-electron chi connectivity index (χ1n) is 6.86. The van der Waals surface area contributed by atoms with Gasteiger partial charge in [0.25, 0.3) is 5.91 Å². The third-order valence-electron chi connectivity index (χ3n) is 2.72. The van der Waals surface area contributed by atoms with E-state index in [2.05, 4.69) is 29.5 Å². The van der Waals surface area contributed by atoms with Crippen LogP contribution >= 0.6 is 11.6 Å². The molecule has 4 nitrogen and oxygen atoms in total. The van der Waals surface area contributed by atoms with Crippen molar-refractivity contribution in [3.63, 3.8) is 0 Å². The number of nitrogens with zero attached hydrogens (tertiary/aromatic N) is 1. The second kappa shape index (κ2) is 8.75. The third-order valence-corrected chi connectivity index (χ3v) is 3.02. The number of pyridine rings is 1. The van der Waals surface area contributed by atoms with Crippen molar-refractivity contribution in [3.05, 3.63) is 22.8 Å². The Hall–Kier alpha value is -1.29. The van der Waals surface area contributed by atoms with E-state index in [0.29, 0.717) is 22.9 Å². The van der Waals surface area contributed by atoms with Crippen molar-refractivity contribution in [1.82, 2.24) is 10.3 Å². The Morgan fingerprint density at radius 1 is 1.26 bits per heavy atom. The largest absolute Gasteiger partial charge is 0.370 e. The summed E-state index contributed by atoms with van der Waals surface area (Å²) in [5.74, 6) is 0.549.